The maximum atomic E-state index is 12.4. The summed E-state index contributed by atoms with van der Waals surface area (Å²) in [6.45, 7) is 2.12. The number of pyridine rings is 1. The van der Waals surface area contributed by atoms with E-state index >= 15 is 0 Å². The van der Waals surface area contributed by atoms with E-state index in [1.54, 1.807) is 30.6 Å². The quantitative estimate of drug-likeness (QED) is 0.774. The molecule has 0 unspecified atom stereocenters. The second-order valence-corrected chi connectivity index (χ2v) is 7.34. The number of hydrogen-bond acceptors (Lipinski definition) is 3. The number of aromatic nitrogens is 1. The molecule has 0 fully saturated rings. The molecular formula is C19H18N2O2S. The third kappa shape index (κ3) is 3.88. The number of nitrogens with one attached hydrogen (secondary N) is 1. The molecule has 0 bridgehead atoms. The molecule has 0 atom stereocenters. The molecule has 0 saturated heterocycles. The molecule has 0 amide bonds. The van der Waals surface area contributed by atoms with E-state index in [2.05, 4.69) is 9.71 Å². The minimum Gasteiger partial charge on any atom is -0.265 e. The molecule has 0 spiro atoms. The van der Waals surface area contributed by atoms with Gasteiger partial charge in [-0.15, -0.1) is 0 Å². The van der Waals surface area contributed by atoms with Crippen LogP contribution in [0.2, 0.25) is 0 Å². The lowest BCUT2D eigenvalue weighted by atomic mass is 10.0. The van der Waals surface area contributed by atoms with Crippen LogP contribution in [0.1, 0.15) is 11.1 Å². The molecule has 0 saturated carbocycles. The lowest BCUT2D eigenvalue weighted by Crippen LogP contribution is -2.23. The number of hydrogen-bond donors (Lipinski definition) is 1. The van der Waals surface area contributed by atoms with Gasteiger partial charge in [-0.05, 0) is 59.5 Å². The SMILES string of the molecule is Cc1cccc(S(=O)(=O)NCc2cccc(-c3ccncc3)c2)c1. The fourth-order valence-electron chi connectivity index (χ4n) is 2.45. The zero-order valence-electron chi connectivity index (χ0n) is 13.3. The van der Waals surface area contributed by atoms with E-state index in [9.17, 15) is 8.42 Å². The van der Waals surface area contributed by atoms with Gasteiger partial charge in [0.1, 0.15) is 0 Å². The molecule has 5 heteroatoms. The van der Waals surface area contributed by atoms with Crippen LogP contribution in [0.5, 0.6) is 0 Å². The standard InChI is InChI=1S/C19H18N2O2S/c1-15-4-2-7-19(12-15)24(22,23)21-14-16-5-3-6-18(13-16)17-8-10-20-11-9-17/h2-13,21H,14H2,1H3. The smallest absolute Gasteiger partial charge is 0.240 e. The van der Waals surface area contributed by atoms with Gasteiger partial charge in [-0.3, -0.25) is 4.98 Å². The number of benzene rings is 2. The van der Waals surface area contributed by atoms with E-state index in [1.807, 2.05) is 49.4 Å². The van der Waals surface area contributed by atoms with Gasteiger partial charge in [-0.1, -0.05) is 30.3 Å². The van der Waals surface area contributed by atoms with Gasteiger partial charge < -0.3 is 0 Å². The van der Waals surface area contributed by atoms with Crippen molar-refractivity contribution in [1.82, 2.24) is 9.71 Å². The highest BCUT2D eigenvalue weighted by Crippen LogP contribution is 2.20. The number of nitrogens with zero attached hydrogens (tertiary/aromatic N) is 1. The van der Waals surface area contributed by atoms with Gasteiger partial charge in [0.2, 0.25) is 10.0 Å². The first kappa shape index (κ1) is 16.4. The monoisotopic (exact) mass is 338 g/mol. The zero-order chi connectivity index (χ0) is 17.0. The maximum absolute atomic E-state index is 12.4. The van der Waals surface area contributed by atoms with Crippen LogP contribution >= 0.6 is 0 Å². The summed E-state index contributed by atoms with van der Waals surface area (Å²) in [5.74, 6) is 0. The molecule has 0 radical (unpaired) electrons. The van der Waals surface area contributed by atoms with Crippen molar-refractivity contribution in [2.75, 3.05) is 0 Å². The molecule has 24 heavy (non-hydrogen) atoms. The van der Waals surface area contributed by atoms with Crippen LogP contribution in [0.4, 0.5) is 0 Å². The Labute approximate surface area is 142 Å². The molecule has 1 aromatic heterocycles. The summed E-state index contributed by atoms with van der Waals surface area (Å²) in [5, 5.41) is 0. The fraction of sp³-hybridized carbons (Fsp3) is 0.105. The highest BCUT2D eigenvalue weighted by molar-refractivity contribution is 7.89. The Morgan fingerprint density at radius 1 is 0.917 bits per heavy atom. The van der Waals surface area contributed by atoms with Crippen LogP contribution in [0.3, 0.4) is 0 Å². The number of rotatable bonds is 5. The Morgan fingerprint density at radius 3 is 2.42 bits per heavy atom. The summed E-state index contributed by atoms with van der Waals surface area (Å²) in [6, 6.07) is 18.5. The van der Waals surface area contributed by atoms with Crippen LogP contribution in [0.25, 0.3) is 11.1 Å². The summed E-state index contributed by atoms with van der Waals surface area (Å²) >= 11 is 0. The summed E-state index contributed by atoms with van der Waals surface area (Å²) < 4.78 is 27.4. The minimum atomic E-state index is -3.52. The lowest BCUT2D eigenvalue weighted by molar-refractivity contribution is 0.581. The summed E-state index contributed by atoms with van der Waals surface area (Å²) in [6.07, 6.45) is 3.48. The van der Waals surface area contributed by atoms with Crippen molar-refractivity contribution in [3.05, 3.63) is 84.2 Å². The number of aryl methyl sites for hydroxylation is 1. The topological polar surface area (TPSA) is 59.1 Å². The molecule has 0 aliphatic carbocycles. The van der Waals surface area contributed by atoms with E-state index < -0.39 is 10.0 Å². The molecule has 0 aliphatic heterocycles. The lowest BCUT2D eigenvalue weighted by Gasteiger charge is -2.09. The Morgan fingerprint density at radius 2 is 1.67 bits per heavy atom. The van der Waals surface area contributed by atoms with Crippen molar-refractivity contribution in [3.63, 3.8) is 0 Å². The van der Waals surface area contributed by atoms with Crippen molar-refractivity contribution in [1.29, 1.82) is 0 Å². The Kier molecular flexibility index (Phi) is 4.74. The van der Waals surface area contributed by atoms with Gasteiger partial charge in [-0.2, -0.15) is 0 Å². The Bertz CT molecular complexity index is 938. The number of sulfonamides is 1. The van der Waals surface area contributed by atoms with Crippen LogP contribution in [0.15, 0.2) is 78.0 Å². The van der Waals surface area contributed by atoms with Gasteiger partial charge in [0.05, 0.1) is 4.90 Å². The summed E-state index contributed by atoms with van der Waals surface area (Å²) in [4.78, 5) is 4.30. The average molecular weight is 338 g/mol. The average Bonchev–Trinajstić information content (AvgIpc) is 2.61. The highest BCUT2D eigenvalue weighted by atomic mass is 32.2. The van der Waals surface area contributed by atoms with Crippen molar-refractivity contribution < 1.29 is 8.42 Å². The molecule has 0 aliphatic rings. The Hall–Kier alpha value is -2.50. The largest absolute Gasteiger partial charge is 0.265 e. The molecular weight excluding hydrogens is 320 g/mol. The van der Waals surface area contributed by atoms with E-state index in [0.717, 1.165) is 22.3 Å². The predicted molar refractivity (Wildman–Crippen MR) is 94.9 cm³/mol. The second-order valence-electron chi connectivity index (χ2n) is 5.58. The molecule has 122 valence electrons. The molecule has 2 aromatic carbocycles. The van der Waals surface area contributed by atoms with E-state index in [1.165, 1.54) is 0 Å². The van der Waals surface area contributed by atoms with Crippen molar-refractivity contribution in [2.24, 2.45) is 0 Å². The normalized spacial score (nSPS) is 11.4. The van der Waals surface area contributed by atoms with Crippen molar-refractivity contribution in [2.45, 2.75) is 18.4 Å². The molecule has 3 aromatic rings. The van der Waals surface area contributed by atoms with Crippen molar-refractivity contribution >= 4 is 10.0 Å². The van der Waals surface area contributed by atoms with Gasteiger partial charge in [-0.25, -0.2) is 13.1 Å². The van der Waals surface area contributed by atoms with E-state index in [4.69, 9.17) is 0 Å². The fourth-order valence-corrected chi connectivity index (χ4v) is 3.57. The van der Waals surface area contributed by atoms with E-state index in [-0.39, 0.29) is 11.4 Å². The van der Waals surface area contributed by atoms with Gasteiger partial charge in [0, 0.05) is 18.9 Å². The predicted octanol–water partition coefficient (Wildman–Crippen LogP) is 3.54. The van der Waals surface area contributed by atoms with Gasteiger partial charge in [0.25, 0.3) is 0 Å². The summed E-state index contributed by atoms with van der Waals surface area (Å²) in [7, 11) is -3.52. The first-order valence-electron chi connectivity index (χ1n) is 7.60. The maximum Gasteiger partial charge on any atom is 0.240 e. The first-order valence-corrected chi connectivity index (χ1v) is 9.09. The van der Waals surface area contributed by atoms with Gasteiger partial charge >= 0.3 is 0 Å². The minimum absolute atomic E-state index is 0.245. The Balaban J connectivity index is 1.78. The van der Waals surface area contributed by atoms with Crippen molar-refractivity contribution in [3.8, 4) is 11.1 Å². The zero-order valence-corrected chi connectivity index (χ0v) is 14.1. The summed E-state index contributed by atoms with van der Waals surface area (Å²) in [5.41, 5.74) is 3.90. The second kappa shape index (κ2) is 6.95. The van der Waals surface area contributed by atoms with Gasteiger partial charge in [0.15, 0.2) is 0 Å². The van der Waals surface area contributed by atoms with Crippen LogP contribution < -0.4 is 4.72 Å². The van der Waals surface area contributed by atoms with E-state index in [0.29, 0.717) is 0 Å². The van der Waals surface area contributed by atoms with Crippen LogP contribution in [-0.2, 0) is 16.6 Å². The molecule has 4 nitrogen and oxygen atoms in total. The third-order valence-corrected chi connectivity index (χ3v) is 5.11. The molecule has 3 rings (SSSR count). The molecule has 1 N–H and O–H groups in total. The first-order chi connectivity index (χ1) is 11.5. The third-order valence-electron chi connectivity index (χ3n) is 3.71. The molecule has 1 heterocycles. The van der Waals surface area contributed by atoms with Crippen LogP contribution in [-0.4, -0.2) is 13.4 Å². The highest BCUT2D eigenvalue weighted by Gasteiger charge is 2.13. The van der Waals surface area contributed by atoms with Crippen LogP contribution in [0, 0.1) is 6.92 Å².